The third-order valence-corrected chi connectivity index (χ3v) is 2.61. The molecule has 3 N–H and O–H groups in total. The highest BCUT2D eigenvalue weighted by atomic mass is 16.5. The van der Waals surface area contributed by atoms with E-state index in [-0.39, 0.29) is 6.04 Å². The second-order valence-electron chi connectivity index (χ2n) is 4.25. The molecule has 15 heavy (non-hydrogen) atoms. The fourth-order valence-corrected chi connectivity index (χ4v) is 1.31. The van der Waals surface area contributed by atoms with Crippen molar-refractivity contribution in [3.8, 4) is 0 Å². The molecule has 0 aromatic rings. The highest BCUT2D eigenvalue weighted by Gasteiger charge is 2.30. The highest BCUT2D eigenvalue weighted by molar-refractivity contribution is 5.77. The number of aliphatic carboxylic acids is 1. The fraction of sp³-hybridized carbons (Fsp3) is 0.900. The maximum atomic E-state index is 10.8. The minimum absolute atomic E-state index is 0.117. The zero-order chi connectivity index (χ0) is 12.1. The predicted molar refractivity (Wildman–Crippen MR) is 58.8 cm³/mol. The van der Waals surface area contributed by atoms with Gasteiger partial charge in [0.05, 0.1) is 6.61 Å². The van der Waals surface area contributed by atoms with Crippen LogP contribution in [0.5, 0.6) is 0 Å². The molecule has 5 heteroatoms. The molecule has 0 aliphatic rings. The van der Waals surface area contributed by atoms with Gasteiger partial charge in [-0.25, -0.2) is 0 Å². The molecule has 0 aromatic carbocycles. The maximum Gasteiger partial charge on any atom is 0.323 e. The van der Waals surface area contributed by atoms with Crippen LogP contribution < -0.4 is 5.73 Å². The summed E-state index contributed by atoms with van der Waals surface area (Å²) >= 11 is 0. The van der Waals surface area contributed by atoms with E-state index in [1.807, 2.05) is 18.9 Å². The van der Waals surface area contributed by atoms with Crippen molar-refractivity contribution in [1.82, 2.24) is 4.90 Å². The van der Waals surface area contributed by atoms with Gasteiger partial charge in [0.15, 0.2) is 0 Å². The number of carboxylic acids is 1. The summed E-state index contributed by atoms with van der Waals surface area (Å²) in [5.74, 6) is -0.963. The predicted octanol–water partition coefficient (Wildman–Crippen LogP) is 0.145. The first-order valence-electron chi connectivity index (χ1n) is 5.02. The normalized spacial score (nSPS) is 17.5. The maximum absolute atomic E-state index is 10.8. The minimum Gasteiger partial charge on any atom is -0.480 e. The molecule has 0 saturated heterocycles. The van der Waals surface area contributed by atoms with E-state index in [4.69, 9.17) is 15.6 Å². The molecule has 2 atom stereocenters. The van der Waals surface area contributed by atoms with Gasteiger partial charge in [-0.15, -0.1) is 0 Å². The molecule has 0 heterocycles. The van der Waals surface area contributed by atoms with Crippen molar-refractivity contribution in [1.29, 1.82) is 0 Å². The first-order chi connectivity index (χ1) is 6.81. The Balaban J connectivity index is 4.11. The van der Waals surface area contributed by atoms with E-state index in [1.165, 1.54) is 6.92 Å². The number of hydrogen-bond acceptors (Lipinski definition) is 4. The molecule has 0 radical (unpaired) electrons. The molecule has 0 aromatic heterocycles. The zero-order valence-corrected chi connectivity index (χ0v) is 9.99. The number of hydrogen-bond donors (Lipinski definition) is 2. The molecule has 5 nitrogen and oxygen atoms in total. The lowest BCUT2D eigenvalue weighted by molar-refractivity contribution is -0.143. The van der Waals surface area contributed by atoms with E-state index >= 15 is 0 Å². The Morgan fingerprint density at radius 1 is 1.67 bits per heavy atom. The van der Waals surface area contributed by atoms with Crippen molar-refractivity contribution in [3.05, 3.63) is 0 Å². The van der Waals surface area contributed by atoms with Crippen molar-refractivity contribution in [2.24, 2.45) is 5.73 Å². The van der Waals surface area contributed by atoms with Crippen LogP contribution in [0.1, 0.15) is 20.3 Å². The van der Waals surface area contributed by atoms with E-state index in [1.54, 1.807) is 7.11 Å². The van der Waals surface area contributed by atoms with Gasteiger partial charge < -0.3 is 20.5 Å². The van der Waals surface area contributed by atoms with Crippen molar-refractivity contribution >= 4 is 5.97 Å². The van der Waals surface area contributed by atoms with E-state index in [2.05, 4.69) is 0 Å². The van der Waals surface area contributed by atoms with Crippen LogP contribution in [0.25, 0.3) is 0 Å². The smallest absolute Gasteiger partial charge is 0.323 e. The van der Waals surface area contributed by atoms with Gasteiger partial charge in [0.25, 0.3) is 0 Å². The Hall–Kier alpha value is -0.650. The van der Waals surface area contributed by atoms with Gasteiger partial charge in [0, 0.05) is 19.7 Å². The third-order valence-electron chi connectivity index (χ3n) is 2.61. The van der Waals surface area contributed by atoms with Crippen LogP contribution >= 0.6 is 0 Å². The Morgan fingerprint density at radius 2 is 2.20 bits per heavy atom. The zero-order valence-electron chi connectivity index (χ0n) is 9.99. The quantitative estimate of drug-likeness (QED) is 0.636. The Kier molecular flexibility index (Phi) is 5.79. The first kappa shape index (κ1) is 14.3. The van der Waals surface area contributed by atoms with Crippen LogP contribution in [0, 0.1) is 0 Å². The summed E-state index contributed by atoms with van der Waals surface area (Å²) in [5, 5.41) is 8.88. The number of rotatable bonds is 7. The van der Waals surface area contributed by atoms with Gasteiger partial charge in [-0.1, -0.05) is 0 Å². The van der Waals surface area contributed by atoms with Crippen LogP contribution in [0.2, 0.25) is 0 Å². The average molecular weight is 218 g/mol. The molecule has 90 valence electrons. The number of ether oxygens (including phenoxy) is 1. The van der Waals surface area contributed by atoms with E-state index in [9.17, 15) is 4.79 Å². The Bertz CT molecular complexity index is 207. The van der Waals surface area contributed by atoms with Gasteiger partial charge >= 0.3 is 5.97 Å². The Morgan fingerprint density at radius 3 is 2.60 bits per heavy atom. The number of carboxylic acid groups (broad SMARTS) is 1. The van der Waals surface area contributed by atoms with Crippen LogP contribution in [-0.2, 0) is 9.53 Å². The number of nitrogens with zero attached hydrogens (tertiary/aromatic N) is 1. The largest absolute Gasteiger partial charge is 0.480 e. The summed E-state index contributed by atoms with van der Waals surface area (Å²) in [4.78, 5) is 12.9. The van der Waals surface area contributed by atoms with Crippen LogP contribution in [0.3, 0.4) is 0 Å². The van der Waals surface area contributed by atoms with Gasteiger partial charge in [-0.05, 0) is 27.3 Å². The van der Waals surface area contributed by atoms with E-state index in [0.717, 1.165) is 6.54 Å². The lowest BCUT2D eigenvalue weighted by Gasteiger charge is -2.30. The highest BCUT2D eigenvalue weighted by Crippen LogP contribution is 2.12. The van der Waals surface area contributed by atoms with Gasteiger partial charge in [0.2, 0.25) is 0 Å². The topological polar surface area (TPSA) is 75.8 Å². The number of carbonyl (C=O) groups is 1. The molecule has 0 aliphatic carbocycles. The van der Waals surface area contributed by atoms with Crippen molar-refractivity contribution in [2.45, 2.75) is 31.8 Å². The van der Waals surface area contributed by atoms with Crippen LogP contribution in [0.4, 0.5) is 0 Å². The summed E-state index contributed by atoms with van der Waals surface area (Å²) in [5.41, 5.74) is 4.50. The van der Waals surface area contributed by atoms with Crippen molar-refractivity contribution in [2.75, 3.05) is 27.3 Å². The lowest BCUT2D eigenvalue weighted by atomic mass is 9.94. The third kappa shape index (κ3) is 5.11. The van der Waals surface area contributed by atoms with Gasteiger partial charge in [-0.2, -0.15) is 0 Å². The molecule has 0 spiro atoms. The van der Waals surface area contributed by atoms with Crippen molar-refractivity contribution < 1.29 is 14.6 Å². The first-order valence-corrected chi connectivity index (χ1v) is 5.02. The molecule has 0 fully saturated rings. The van der Waals surface area contributed by atoms with Crippen LogP contribution in [-0.4, -0.2) is 54.9 Å². The van der Waals surface area contributed by atoms with Crippen LogP contribution in [0.15, 0.2) is 0 Å². The molecule has 0 aliphatic heterocycles. The van der Waals surface area contributed by atoms with Crippen molar-refractivity contribution in [3.63, 3.8) is 0 Å². The molecule has 0 saturated carbocycles. The molecular weight excluding hydrogens is 196 g/mol. The van der Waals surface area contributed by atoms with Gasteiger partial charge in [0.1, 0.15) is 5.54 Å². The lowest BCUT2D eigenvalue weighted by Crippen LogP contribution is -2.49. The fourth-order valence-electron chi connectivity index (χ4n) is 1.31. The summed E-state index contributed by atoms with van der Waals surface area (Å²) < 4.78 is 4.95. The number of nitrogens with two attached hydrogens (primary N) is 1. The second kappa shape index (κ2) is 6.05. The Labute approximate surface area is 91.2 Å². The molecule has 0 bridgehead atoms. The number of likely N-dealkylation sites (N-methyl/N-ethyl adjacent to an activating group) is 1. The molecule has 0 amide bonds. The summed E-state index contributed by atoms with van der Waals surface area (Å²) in [6.07, 6.45) is 0.419. The average Bonchev–Trinajstić information content (AvgIpc) is 2.13. The molecular formula is C10H22N2O3. The molecule has 0 rings (SSSR count). The second-order valence-corrected chi connectivity index (χ2v) is 4.25. The number of methoxy groups -OCH3 is 1. The van der Waals surface area contributed by atoms with E-state index in [0.29, 0.717) is 13.0 Å². The van der Waals surface area contributed by atoms with Gasteiger partial charge in [-0.3, -0.25) is 4.79 Å². The SMILES string of the molecule is COCCN(C)C(C)CC(C)(N)C(=O)O. The molecule has 2 unspecified atom stereocenters. The summed E-state index contributed by atoms with van der Waals surface area (Å²) in [6, 6.07) is 0.117. The summed E-state index contributed by atoms with van der Waals surface area (Å²) in [6.45, 7) is 4.91. The monoisotopic (exact) mass is 218 g/mol. The summed E-state index contributed by atoms with van der Waals surface area (Å²) in [7, 11) is 3.57. The standard InChI is InChI=1S/C10H22N2O3/c1-8(12(3)5-6-15-4)7-10(2,11)9(13)14/h8H,5-7,11H2,1-4H3,(H,13,14). The minimum atomic E-state index is -1.17. The van der Waals surface area contributed by atoms with E-state index < -0.39 is 11.5 Å².